The largest absolute Gasteiger partial charge is 0.316 e. The van der Waals surface area contributed by atoms with Crippen molar-refractivity contribution in [1.29, 1.82) is 0 Å². The van der Waals surface area contributed by atoms with Crippen molar-refractivity contribution in [3.8, 4) is 0 Å². The van der Waals surface area contributed by atoms with Crippen LogP contribution >= 0.6 is 11.3 Å². The number of hydrogen-bond donors (Lipinski definition) is 1. The number of hydrogen-bond acceptors (Lipinski definition) is 3. The summed E-state index contributed by atoms with van der Waals surface area (Å²) in [6, 6.07) is 0.576. The topological polar surface area (TPSA) is 24.9 Å². The van der Waals surface area contributed by atoms with Crippen LogP contribution < -0.4 is 5.32 Å². The van der Waals surface area contributed by atoms with Crippen molar-refractivity contribution in [2.45, 2.75) is 59.4 Å². The number of nitrogens with zero attached hydrogens (tertiary/aromatic N) is 1. The summed E-state index contributed by atoms with van der Waals surface area (Å²) in [7, 11) is 2.10. The van der Waals surface area contributed by atoms with Crippen LogP contribution in [0.1, 0.15) is 48.7 Å². The second-order valence-corrected chi connectivity index (χ2v) is 7.62. The van der Waals surface area contributed by atoms with E-state index >= 15 is 0 Å². The molecule has 2 rings (SSSR count). The molecule has 1 fully saturated rings. The highest BCUT2D eigenvalue weighted by atomic mass is 32.1. The predicted molar refractivity (Wildman–Crippen MR) is 79.3 cm³/mol. The molecule has 0 aromatic carbocycles. The van der Waals surface area contributed by atoms with Gasteiger partial charge in [0.15, 0.2) is 0 Å². The van der Waals surface area contributed by atoms with Crippen LogP contribution in [0.4, 0.5) is 0 Å². The zero-order valence-corrected chi connectivity index (χ0v) is 13.2. The van der Waals surface area contributed by atoms with Crippen LogP contribution in [0.15, 0.2) is 0 Å². The summed E-state index contributed by atoms with van der Waals surface area (Å²) in [4.78, 5) is 6.06. The number of rotatable bonds is 4. The zero-order valence-electron chi connectivity index (χ0n) is 12.3. The highest BCUT2D eigenvalue weighted by molar-refractivity contribution is 7.11. The highest BCUT2D eigenvalue weighted by Gasteiger charge is 2.39. The van der Waals surface area contributed by atoms with E-state index in [2.05, 4.69) is 40.1 Å². The normalized spacial score (nSPS) is 24.4. The molecule has 0 spiro atoms. The quantitative estimate of drug-likeness (QED) is 0.898. The Hall–Kier alpha value is -0.410. The number of aromatic nitrogens is 1. The van der Waals surface area contributed by atoms with Gasteiger partial charge in [-0.3, -0.25) is 0 Å². The molecule has 102 valence electrons. The molecule has 2 unspecified atom stereocenters. The Morgan fingerprint density at radius 3 is 2.61 bits per heavy atom. The first-order chi connectivity index (χ1) is 8.44. The van der Waals surface area contributed by atoms with E-state index in [1.54, 1.807) is 0 Å². The van der Waals surface area contributed by atoms with Crippen molar-refractivity contribution in [3.63, 3.8) is 0 Å². The molecule has 0 saturated heterocycles. The van der Waals surface area contributed by atoms with Crippen molar-refractivity contribution in [3.05, 3.63) is 15.6 Å². The van der Waals surface area contributed by atoms with E-state index < -0.39 is 0 Å². The van der Waals surface area contributed by atoms with Crippen LogP contribution in [0, 0.1) is 25.2 Å². The van der Waals surface area contributed by atoms with Crippen molar-refractivity contribution in [1.82, 2.24) is 10.3 Å². The van der Waals surface area contributed by atoms with E-state index in [1.807, 2.05) is 11.3 Å². The highest BCUT2D eigenvalue weighted by Crippen LogP contribution is 2.45. The molecular formula is C15H26N2S. The first-order valence-corrected chi connectivity index (χ1v) is 7.86. The van der Waals surface area contributed by atoms with Gasteiger partial charge in [0.2, 0.25) is 0 Å². The number of thiazole rings is 1. The molecule has 1 aromatic heterocycles. The number of aryl methyl sites for hydroxylation is 2. The van der Waals surface area contributed by atoms with Gasteiger partial charge >= 0.3 is 0 Å². The summed E-state index contributed by atoms with van der Waals surface area (Å²) >= 11 is 1.87. The maximum absolute atomic E-state index is 4.70. The molecule has 0 radical (unpaired) electrons. The standard InChI is InChI=1S/C15H26N2S/c1-10-11(2)18-14(17-10)9-13(16-5)12-7-6-8-15(12,3)4/h12-13,16H,6-9H2,1-5H3. The summed E-state index contributed by atoms with van der Waals surface area (Å²) in [5.41, 5.74) is 1.69. The Kier molecular flexibility index (Phi) is 4.12. The van der Waals surface area contributed by atoms with Crippen molar-refractivity contribution in [2.75, 3.05) is 7.05 Å². The molecule has 0 bridgehead atoms. The molecule has 1 aliphatic carbocycles. The van der Waals surface area contributed by atoms with Crippen molar-refractivity contribution >= 4 is 11.3 Å². The summed E-state index contributed by atoms with van der Waals surface area (Å²) < 4.78 is 0. The zero-order chi connectivity index (χ0) is 13.3. The molecule has 1 N–H and O–H groups in total. The SMILES string of the molecule is CNC(Cc1nc(C)c(C)s1)C1CCCC1(C)C. The molecule has 2 nitrogen and oxygen atoms in total. The fourth-order valence-corrected chi connectivity index (χ4v) is 4.35. The molecule has 2 atom stereocenters. The lowest BCUT2D eigenvalue weighted by atomic mass is 9.76. The first kappa shape index (κ1) is 14.0. The van der Waals surface area contributed by atoms with E-state index in [1.165, 1.54) is 34.8 Å². The van der Waals surface area contributed by atoms with Crippen LogP contribution in [0.2, 0.25) is 0 Å². The van der Waals surface area contributed by atoms with Gasteiger partial charge in [0.1, 0.15) is 0 Å². The summed E-state index contributed by atoms with van der Waals surface area (Å²) in [5.74, 6) is 0.784. The Labute approximate surface area is 115 Å². The maximum Gasteiger partial charge on any atom is 0.0946 e. The van der Waals surface area contributed by atoms with Gasteiger partial charge in [-0.1, -0.05) is 20.3 Å². The maximum atomic E-state index is 4.70. The van der Waals surface area contributed by atoms with Crippen molar-refractivity contribution in [2.24, 2.45) is 11.3 Å². The summed E-state index contributed by atoms with van der Waals surface area (Å²) in [6.45, 7) is 9.13. The minimum absolute atomic E-state index is 0.481. The first-order valence-electron chi connectivity index (χ1n) is 7.04. The van der Waals surface area contributed by atoms with Gasteiger partial charge in [-0.25, -0.2) is 4.98 Å². The van der Waals surface area contributed by atoms with E-state index in [-0.39, 0.29) is 0 Å². The Morgan fingerprint density at radius 1 is 1.44 bits per heavy atom. The fraction of sp³-hybridized carbons (Fsp3) is 0.800. The van der Waals surface area contributed by atoms with Crippen LogP contribution in [0.3, 0.4) is 0 Å². The van der Waals surface area contributed by atoms with E-state index in [0.717, 1.165) is 12.3 Å². The van der Waals surface area contributed by atoms with Crippen LogP contribution in [-0.4, -0.2) is 18.1 Å². The molecular weight excluding hydrogens is 240 g/mol. The molecule has 1 aliphatic rings. The van der Waals surface area contributed by atoms with E-state index in [4.69, 9.17) is 4.98 Å². The molecule has 0 amide bonds. The van der Waals surface area contributed by atoms with E-state index in [0.29, 0.717) is 11.5 Å². The Bertz CT molecular complexity index is 389. The minimum Gasteiger partial charge on any atom is -0.316 e. The molecule has 1 saturated carbocycles. The monoisotopic (exact) mass is 266 g/mol. The van der Waals surface area contributed by atoms with Crippen molar-refractivity contribution < 1.29 is 0 Å². The second-order valence-electron chi connectivity index (χ2n) is 6.34. The third-order valence-electron chi connectivity index (χ3n) is 4.66. The van der Waals surface area contributed by atoms with Crippen LogP contribution in [0.25, 0.3) is 0 Å². The minimum atomic E-state index is 0.481. The van der Waals surface area contributed by atoms with Gasteiger partial charge in [-0.15, -0.1) is 11.3 Å². The molecule has 18 heavy (non-hydrogen) atoms. The summed E-state index contributed by atoms with van der Waals surface area (Å²) in [6.07, 6.45) is 5.20. The van der Waals surface area contributed by atoms with Gasteiger partial charge in [0.05, 0.1) is 10.7 Å². The van der Waals surface area contributed by atoms with Gasteiger partial charge in [-0.2, -0.15) is 0 Å². The van der Waals surface area contributed by atoms with Gasteiger partial charge in [0.25, 0.3) is 0 Å². The third kappa shape index (κ3) is 2.77. The molecule has 1 heterocycles. The lowest BCUT2D eigenvalue weighted by molar-refractivity contribution is 0.201. The van der Waals surface area contributed by atoms with Gasteiger partial charge in [0, 0.05) is 17.3 Å². The van der Waals surface area contributed by atoms with Crippen LogP contribution in [0.5, 0.6) is 0 Å². The van der Waals surface area contributed by atoms with E-state index in [9.17, 15) is 0 Å². The Balaban J connectivity index is 2.10. The number of likely N-dealkylation sites (N-methyl/N-ethyl adjacent to an activating group) is 1. The average molecular weight is 266 g/mol. The summed E-state index contributed by atoms with van der Waals surface area (Å²) in [5, 5.41) is 4.84. The molecule has 0 aliphatic heterocycles. The lowest BCUT2D eigenvalue weighted by Crippen LogP contribution is -2.40. The molecule has 1 aromatic rings. The van der Waals surface area contributed by atoms with Crippen LogP contribution in [-0.2, 0) is 6.42 Å². The van der Waals surface area contributed by atoms with Gasteiger partial charge in [-0.05, 0) is 45.1 Å². The fourth-order valence-electron chi connectivity index (χ4n) is 3.36. The second kappa shape index (κ2) is 5.30. The van der Waals surface area contributed by atoms with Gasteiger partial charge < -0.3 is 5.32 Å². The number of nitrogens with one attached hydrogen (secondary N) is 1. The third-order valence-corrected chi connectivity index (χ3v) is 5.76. The average Bonchev–Trinajstić information content (AvgIpc) is 2.79. The smallest absolute Gasteiger partial charge is 0.0946 e. The Morgan fingerprint density at radius 2 is 2.17 bits per heavy atom. The predicted octanol–water partition coefficient (Wildman–Crippen LogP) is 3.72. The molecule has 3 heteroatoms. The lowest BCUT2D eigenvalue weighted by Gasteiger charge is -2.33.